The van der Waals surface area contributed by atoms with Gasteiger partial charge < -0.3 is 62.5 Å². The molecule has 0 fully saturated rings. The fourth-order valence-corrected chi connectivity index (χ4v) is 14.0. The summed E-state index contributed by atoms with van der Waals surface area (Å²) in [5, 5.41) is 22.2. The lowest BCUT2D eigenvalue weighted by Gasteiger charge is -2.25. The Kier molecular flexibility index (Phi) is 34.1. The van der Waals surface area contributed by atoms with Gasteiger partial charge in [0.15, 0.2) is 34.4 Å². The molecule has 7 aromatic heterocycles. The molecule has 4 amide bonds. The molecular formula is C95H99BCl5N25O12. The zero-order valence-corrected chi connectivity index (χ0v) is 81.2. The van der Waals surface area contributed by atoms with E-state index in [0.717, 1.165) is 12.2 Å². The van der Waals surface area contributed by atoms with E-state index in [9.17, 15) is 38.4 Å². The molecule has 0 unspecified atom stereocenters. The van der Waals surface area contributed by atoms with Gasteiger partial charge in [0, 0.05) is 95.8 Å². The van der Waals surface area contributed by atoms with Crippen LogP contribution in [0.5, 0.6) is 0 Å². The summed E-state index contributed by atoms with van der Waals surface area (Å²) in [6.45, 7) is 12.3. The number of imidazole rings is 3. The third-order valence-corrected chi connectivity index (χ3v) is 21.3. The number of likely N-dealkylation sites (N-methyl/N-ethyl adjacent to an activating group) is 3. The van der Waals surface area contributed by atoms with Crippen molar-refractivity contribution in [2.45, 2.75) is 59.2 Å². The highest BCUT2D eigenvalue weighted by Gasteiger charge is 2.34. The van der Waals surface area contributed by atoms with E-state index in [2.05, 4.69) is 45.2 Å². The Morgan fingerprint density at radius 3 is 1.04 bits per heavy atom. The zero-order chi connectivity index (χ0) is 100. The molecule has 0 spiro atoms. The second-order valence-electron chi connectivity index (χ2n) is 32.9. The van der Waals surface area contributed by atoms with Crippen LogP contribution in [0.25, 0.3) is 67.6 Å². The number of amides is 4. The molecule has 0 aliphatic carbocycles. The van der Waals surface area contributed by atoms with Crippen LogP contribution in [0.2, 0.25) is 20.1 Å². The number of ether oxygens (including phenoxy) is 2. The number of nitrogens with one attached hydrogen (secondary N) is 1. The van der Waals surface area contributed by atoms with Crippen LogP contribution in [0, 0.1) is 0 Å². The third kappa shape index (κ3) is 25.5. The van der Waals surface area contributed by atoms with Gasteiger partial charge in [-0.2, -0.15) is 0 Å². The van der Waals surface area contributed by atoms with Crippen LogP contribution in [0.4, 0.5) is 67.1 Å². The molecule has 16 rings (SSSR count). The van der Waals surface area contributed by atoms with Gasteiger partial charge in [-0.05, 0) is 275 Å². The van der Waals surface area contributed by atoms with Crippen LogP contribution < -0.4 is 70.4 Å². The average Bonchev–Trinajstić information content (AvgIpc) is 1.59. The molecule has 15 aromatic rings. The van der Waals surface area contributed by atoms with Crippen LogP contribution >= 0.6 is 58.0 Å². The highest BCUT2D eigenvalue weighted by atomic mass is 35.5. The minimum atomic E-state index is -1.41. The summed E-state index contributed by atoms with van der Waals surface area (Å²) in [7, 11) is 13.1. The first-order valence-corrected chi connectivity index (χ1v) is 44.0. The molecule has 0 saturated heterocycles. The molecule has 1 aliphatic heterocycles. The number of fused-ring (bicyclic) bond motifs is 4. The largest absolute Gasteiger partial charge is 0.488 e. The molecule has 0 radical (unpaired) electrons. The maximum absolute atomic E-state index is 13.5. The summed E-state index contributed by atoms with van der Waals surface area (Å²) in [4.78, 5) is 143. The van der Waals surface area contributed by atoms with E-state index >= 15 is 0 Å². The number of hydrogen-bond donors (Lipinski definition) is 7. The van der Waals surface area contributed by atoms with E-state index in [0.29, 0.717) is 140 Å². The summed E-state index contributed by atoms with van der Waals surface area (Å²) >= 11 is 28.6. The van der Waals surface area contributed by atoms with Crippen molar-refractivity contribution in [2.24, 2.45) is 0 Å². The third-order valence-electron chi connectivity index (χ3n) is 20.1. The molecule has 0 atom stereocenters. The number of halogens is 5. The van der Waals surface area contributed by atoms with E-state index in [1.807, 2.05) is 96.2 Å². The van der Waals surface area contributed by atoms with Gasteiger partial charge in [-0.25, -0.2) is 77.5 Å². The zero-order valence-electron chi connectivity index (χ0n) is 77.4. The Bertz CT molecular complexity index is 7130. The van der Waals surface area contributed by atoms with Gasteiger partial charge in [0.05, 0.1) is 46.2 Å². The predicted octanol–water partition coefficient (Wildman–Crippen LogP) is 13.5. The van der Waals surface area contributed by atoms with Crippen molar-refractivity contribution < 1.29 is 43.5 Å². The van der Waals surface area contributed by atoms with Crippen molar-refractivity contribution in [1.82, 2.24) is 77.1 Å². The summed E-state index contributed by atoms with van der Waals surface area (Å²) in [5.41, 5.74) is 32.6. The second-order valence-corrected chi connectivity index (χ2v) is 35.0. The molecular weight excluding hydrogens is 1870 g/mol. The number of benzene rings is 8. The van der Waals surface area contributed by atoms with Crippen LogP contribution in [0.1, 0.15) is 47.1 Å². The van der Waals surface area contributed by atoms with Gasteiger partial charge in [0.1, 0.15) is 64.7 Å². The molecule has 1 aliphatic rings. The molecule has 0 bridgehead atoms. The van der Waals surface area contributed by atoms with Gasteiger partial charge in [0.2, 0.25) is 17.1 Å². The Balaban J connectivity index is 0.000000166. The molecule has 11 N–H and O–H groups in total. The number of rotatable bonds is 18. The monoisotopic (exact) mass is 1970 g/mol. The lowest BCUT2D eigenvalue weighted by atomic mass is 9.81. The first-order valence-electron chi connectivity index (χ1n) is 42.1. The number of carbonyl (C=O) groups excluding carboxylic acids is 5. The Labute approximate surface area is 817 Å². The van der Waals surface area contributed by atoms with Crippen molar-refractivity contribution in [3.05, 3.63) is 301 Å². The molecule has 138 heavy (non-hydrogen) atoms. The standard InChI is InChI=1S/C24H24ClN7O2.C23H23ClN6O3.C18H15ClN6O.C18H21N5O3.C6H6BClO2.C6H10ClNO/c1-29(2)14-4-5-20(33)30(3)17-10-12-19(13-11-17)32-23-21(22(26)27-15-28-23)31(24(32)34)18-8-6-16(25)7-9-18;1-23(2,3)33-22(32)28(4)15-9-11-17(12-10-15)30-20-18(19(25)26-13-27-20)29(21(30)31)16-7-5-14(24)6-8-16;1-21-12-4-8-14(9-5-12)25-17-15(16(20)22-10-23-17)24(18(25)26)13-6-2-11(19)3-7-13;1-18(2,3)26-17(25)22(4)11-5-7-12(8-6-11)23-14(24)9-13-15(19)20-10-21-16(13)23;8-6-3-1-5(2-4-6)7(9)10;1-8(2)5-3-4-6(7)9/h4-13,15H,14H2,1-3H3,(H2,26,27,28);5-13H,1-4H3,(H2,25,26,27);2-10,21H,1H3,(H2,20,22,23);5-8,10H,9H2,1-4H3,(H2,19,20,21);1-4,9-10H;3-4H,5H2,1-2H3/b5-4+;;;;;4-3+. The molecule has 8 heterocycles. The first kappa shape index (κ1) is 103. The summed E-state index contributed by atoms with van der Waals surface area (Å²) in [6, 6.07) is 55.4. The Hall–Kier alpha value is -15.1. The number of nitrogen functional groups attached to an aromatic ring is 4. The second kappa shape index (κ2) is 45.5. The Morgan fingerprint density at radius 2 is 0.710 bits per heavy atom. The molecule has 714 valence electrons. The summed E-state index contributed by atoms with van der Waals surface area (Å²) < 4.78 is 19.6. The lowest BCUT2D eigenvalue weighted by molar-refractivity contribution is -0.117. The smallest absolute Gasteiger partial charge is 0.443 e. The van der Waals surface area contributed by atoms with Gasteiger partial charge in [-0.1, -0.05) is 70.7 Å². The average molecular weight is 1970 g/mol. The quantitative estimate of drug-likeness (QED) is 0.0238. The van der Waals surface area contributed by atoms with Gasteiger partial charge in [-0.3, -0.25) is 42.8 Å². The van der Waals surface area contributed by atoms with Crippen LogP contribution in [0.15, 0.2) is 258 Å². The minimum Gasteiger partial charge on any atom is -0.443 e. The van der Waals surface area contributed by atoms with E-state index in [1.54, 1.807) is 218 Å². The SMILES string of the molecule is CN(C(=O)OC(C)(C)C)c1ccc(-n2c(=O)n(-c3ccc(Cl)cc3)c3c(N)ncnc32)cc1.CN(C(=O)OC(C)(C)C)c1ccc(N2C(=O)Cc3c(N)ncnc32)cc1.CN(C)C/C=C/C(=O)Cl.CN(C)C/C=C/C(=O)N(C)c1ccc(-n2c(=O)n(-c3ccc(Cl)cc3)c3c(N)ncnc32)cc1.CNc1ccc(-n2c(=O)n(-c3ccc(Cl)cc3)c3c(N)ncnc32)cc1.OB(O)c1ccc(Cl)cc1. The maximum atomic E-state index is 13.5. The number of aromatic nitrogens is 14. The topological polar surface area (TPSA) is 464 Å². The van der Waals surface area contributed by atoms with Crippen LogP contribution in [-0.4, -0.2) is 204 Å². The predicted molar refractivity (Wildman–Crippen MR) is 545 cm³/mol. The fourth-order valence-electron chi connectivity index (χ4n) is 13.4. The van der Waals surface area contributed by atoms with Gasteiger partial charge >= 0.3 is 36.4 Å². The minimum absolute atomic E-state index is 0.125. The molecule has 43 heteroatoms. The van der Waals surface area contributed by atoms with Crippen molar-refractivity contribution in [1.29, 1.82) is 0 Å². The van der Waals surface area contributed by atoms with E-state index < -0.39 is 35.7 Å². The van der Waals surface area contributed by atoms with Crippen molar-refractivity contribution in [3.8, 4) is 34.1 Å². The van der Waals surface area contributed by atoms with Crippen LogP contribution in [0.3, 0.4) is 0 Å². The van der Waals surface area contributed by atoms with Crippen molar-refractivity contribution in [2.75, 3.05) is 117 Å². The Morgan fingerprint density at radius 1 is 0.413 bits per heavy atom. The lowest BCUT2D eigenvalue weighted by Crippen LogP contribution is -2.34. The van der Waals surface area contributed by atoms with Crippen LogP contribution in [-0.2, 0) is 30.3 Å². The van der Waals surface area contributed by atoms with E-state index in [-0.39, 0.29) is 52.8 Å². The van der Waals surface area contributed by atoms with Crippen molar-refractivity contribution >= 4 is 191 Å². The van der Waals surface area contributed by atoms with Crippen molar-refractivity contribution in [3.63, 3.8) is 0 Å². The number of nitrogens with two attached hydrogens (primary N) is 4. The van der Waals surface area contributed by atoms with E-state index in [4.69, 9.17) is 100 Å². The maximum Gasteiger partial charge on any atom is 0.488 e. The molecule has 37 nitrogen and oxygen atoms in total. The van der Waals surface area contributed by atoms with E-state index in [1.165, 1.54) is 84.5 Å². The highest BCUT2D eigenvalue weighted by molar-refractivity contribution is 6.66. The van der Waals surface area contributed by atoms with Gasteiger partial charge in [-0.15, -0.1) is 0 Å². The number of hydrogen-bond acceptors (Lipinski definition) is 27. The summed E-state index contributed by atoms with van der Waals surface area (Å²) in [6.07, 6.45) is 11.0. The number of nitrogens with zero attached hydrogens (tertiary/aromatic N) is 20. The van der Waals surface area contributed by atoms with Gasteiger partial charge in [0.25, 0.3) is 0 Å². The number of anilines is 10. The normalized spacial score (nSPS) is 11.6. The fraction of sp³-hybridized carbons (Fsp3) is 0.200. The number of allylic oxidation sites excluding steroid dienone is 1. The summed E-state index contributed by atoms with van der Waals surface area (Å²) in [5.74, 6) is 1.12. The first-order chi connectivity index (χ1) is 65.4. The number of carbonyl (C=O) groups is 5. The molecule has 8 aromatic carbocycles. The molecule has 0 saturated carbocycles. The highest BCUT2D eigenvalue weighted by Crippen LogP contribution is 2.37.